The maximum Gasteiger partial charge on any atom is 0.312 e. The minimum absolute atomic E-state index is 0.0192. The van der Waals surface area contributed by atoms with Gasteiger partial charge in [0, 0.05) is 87.8 Å². The minimum atomic E-state index is -2.01. The molecule has 67 heavy (non-hydrogen) atoms. The van der Waals surface area contributed by atoms with E-state index in [-0.39, 0.29) is 75.0 Å². The van der Waals surface area contributed by atoms with Crippen LogP contribution in [0.4, 0.5) is 5.69 Å². The number of piperazine rings is 1. The van der Waals surface area contributed by atoms with Crippen molar-refractivity contribution >= 4 is 40.3 Å². The van der Waals surface area contributed by atoms with Gasteiger partial charge in [0.15, 0.2) is 5.75 Å². The van der Waals surface area contributed by atoms with Crippen LogP contribution in [-0.4, -0.2) is 131 Å². The third kappa shape index (κ3) is 11.6. The maximum atomic E-state index is 14.7. The average Bonchev–Trinajstić information content (AvgIpc) is 3.53. The van der Waals surface area contributed by atoms with Crippen molar-refractivity contribution in [3.63, 3.8) is 0 Å². The van der Waals surface area contributed by atoms with Gasteiger partial charge in [-0.25, -0.2) is 0 Å². The molecule has 0 aromatic heterocycles. The third-order valence-corrected chi connectivity index (χ3v) is 13.9. The monoisotopic (exact) mass is 939 g/mol. The van der Waals surface area contributed by atoms with Crippen molar-refractivity contribution in [2.75, 3.05) is 38.6 Å². The largest absolute Gasteiger partial charge is 0.507 e. The molecule has 10 atom stereocenters. The number of ether oxygens (including phenoxy) is 6. The fourth-order valence-electron chi connectivity index (χ4n) is 10.0. The first-order valence-corrected chi connectivity index (χ1v) is 24.1. The van der Waals surface area contributed by atoms with Crippen LogP contribution in [0.1, 0.15) is 131 Å². The van der Waals surface area contributed by atoms with E-state index < -0.39 is 70.8 Å². The summed E-state index contributed by atoms with van der Waals surface area (Å²) >= 11 is 0. The molecule has 1 amide bonds. The Hall–Kier alpha value is -4.64. The Bertz CT molecular complexity index is 2150. The number of carbonyl (C=O) groups is 3. The van der Waals surface area contributed by atoms with Gasteiger partial charge in [0.25, 0.3) is 5.78 Å². The second-order valence-corrected chi connectivity index (χ2v) is 20.0. The van der Waals surface area contributed by atoms with Crippen molar-refractivity contribution in [1.82, 2.24) is 9.91 Å². The molecule has 6 rings (SSSR count). The lowest BCUT2D eigenvalue weighted by molar-refractivity contribution is -0.172. The van der Waals surface area contributed by atoms with Crippen LogP contribution in [-0.2, 0) is 33.3 Å². The fraction of sp³-hybridized carbons (Fsp3) is 0.686. The van der Waals surface area contributed by atoms with Crippen molar-refractivity contribution in [3.8, 4) is 23.0 Å². The molecule has 5 bridgehead atoms. The van der Waals surface area contributed by atoms with Gasteiger partial charge in [-0.15, -0.1) is 0 Å². The highest BCUT2D eigenvalue weighted by atomic mass is 16.7. The Labute approximate surface area is 397 Å². The quantitative estimate of drug-likeness (QED) is 0.0811. The lowest BCUT2D eigenvalue weighted by Crippen LogP contribution is -2.49. The predicted molar refractivity (Wildman–Crippen MR) is 258 cm³/mol. The normalized spacial score (nSPS) is 30.1. The number of hydrogen-bond acceptors (Lipinski definition) is 15. The average molecular weight is 939 g/mol. The number of fused-ring (bicyclic) bond motifs is 16. The number of rotatable bonds is 9. The van der Waals surface area contributed by atoms with Gasteiger partial charge in [-0.3, -0.25) is 24.3 Å². The first-order chi connectivity index (χ1) is 31.4. The van der Waals surface area contributed by atoms with Crippen LogP contribution in [0.5, 0.6) is 23.0 Å². The van der Waals surface area contributed by atoms with E-state index in [9.17, 15) is 29.7 Å². The lowest BCUT2D eigenvalue weighted by atomic mass is 9.77. The summed E-state index contributed by atoms with van der Waals surface area (Å²) in [6, 6.07) is 0.358. The van der Waals surface area contributed by atoms with E-state index in [1.165, 1.54) is 40.4 Å². The van der Waals surface area contributed by atoms with Gasteiger partial charge in [-0.05, 0) is 73.3 Å². The molecule has 1 saturated heterocycles. The molecule has 4 heterocycles. The van der Waals surface area contributed by atoms with Crippen LogP contribution in [0.25, 0.3) is 10.8 Å². The first-order valence-electron chi connectivity index (χ1n) is 24.1. The number of phenols is 3. The number of benzene rings is 2. The third-order valence-electron chi connectivity index (χ3n) is 13.9. The van der Waals surface area contributed by atoms with E-state index in [0.29, 0.717) is 38.4 Å². The summed E-state index contributed by atoms with van der Waals surface area (Å²) < 4.78 is 37.9. The van der Waals surface area contributed by atoms with E-state index in [4.69, 9.17) is 33.5 Å². The number of hydrogen-bond donors (Lipinski definition) is 4. The number of amides is 1. The molecule has 4 aliphatic heterocycles. The molecule has 0 spiro atoms. The molecule has 16 nitrogen and oxygen atoms in total. The van der Waals surface area contributed by atoms with Crippen LogP contribution < -0.4 is 10.1 Å². The minimum Gasteiger partial charge on any atom is -0.507 e. The number of nitrogens with zero attached hydrogens (tertiary/aromatic N) is 3. The molecule has 1 fully saturated rings. The van der Waals surface area contributed by atoms with Gasteiger partial charge in [0.05, 0.1) is 65.2 Å². The Kier molecular flexibility index (Phi) is 17.7. The summed E-state index contributed by atoms with van der Waals surface area (Å²) in [5, 5.41) is 45.2. The summed E-state index contributed by atoms with van der Waals surface area (Å²) in [4.78, 5) is 44.0. The number of phenolic OH excluding ortho intramolecular Hbond substituents is 3. The highest BCUT2D eigenvalue weighted by Crippen LogP contribution is 2.55. The molecule has 0 aliphatic carbocycles. The molecule has 4 N–H and O–H groups in total. The maximum absolute atomic E-state index is 14.7. The number of carbonyl (C=O) groups excluding carboxylic acids is 3. The number of ketones is 1. The topological polar surface area (TPSA) is 198 Å². The molecule has 16 heteroatoms. The number of aromatic hydroxyl groups is 3. The Morgan fingerprint density at radius 3 is 2.06 bits per heavy atom. The van der Waals surface area contributed by atoms with Gasteiger partial charge in [0.2, 0.25) is 5.91 Å². The van der Waals surface area contributed by atoms with E-state index in [2.05, 4.69) is 37.9 Å². The summed E-state index contributed by atoms with van der Waals surface area (Å²) in [5.41, 5.74) is -0.241. The van der Waals surface area contributed by atoms with Crippen LogP contribution >= 0.6 is 0 Å². The number of methoxy groups -OCH3 is 1. The lowest BCUT2D eigenvalue weighted by Gasteiger charge is -2.42. The molecule has 2 aromatic rings. The molecular formula is C51H78N4O12. The summed E-state index contributed by atoms with van der Waals surface area (Å²) in [6.07, 6.45) is 3.73. The highest BCUT2D eigenvalue weighted by molar-refractivity contribution is 6.23. The van der Waals surface area contributed by atoms with Crippen molar-refractivity contribution in [2.45, 2.75) is 165 Å². The summed E-state index contributed by atoms with van der Waals surface area (Å²) in [5.74, 6) is -6.71. The number of hydrazone groups is 1. The molecule has 1 unspecified atom stereocenters. The standard InChI is InChI=1S/C51H78N4O12/c1-26(2)54-20-22-55(23-21-54)52-25-36-41-44(59)39-38(43(36)58)40-48(32(10)42(39)57)67-51(14,49(40)60)63-24-19-37(62-15)31(9)46(66-35(13)56)34(12)47(65-28(5)6)33(11)45(64-27(3)4)29(7)17-16-18-30(8)50(61)53-41/h19,24-31,33-34,37,45-47,57-59H,16-18,20-23H2,1-15H3,(H,53,61)/b24-19+,52-25+/t29-,30?,31-,33-,34-,37+,45-,46-,47+,51+/m1/s1. The molecule has 2 aromatic carbocycles. The van der Waals surface area contributed by atoms with E-state index >= 15 is 0 Å². The van der Waals surface area contributed by atoms with Gasteiger partial charge in [-0.2, -0.15) is 5.10 Å². The Morgan fingerprint density at radius 1 is 0.866 bits per heavy atom. The SMILES string of the molecule is CO[C@H]1/C=C/O[C@@]2(C)Oc3c(C)c(O)c4c(O)c(c(/C=N/N5CCN(C(C)C)CC5)c(O)c4c3C2=O)NC(=O)C(C)CCC[C@@H](C)[C@@H](OC(C)C)[C@@H](C)[C@H](OC(C)C)[C@H](C)[C@H](OC(C)=O)[C@@H]1C. The predicted octanol–water partition coefficient (Wildman–Crippen LogP) is 8.28. The molecule has 374 valence electrons. The van der Waals surface area contributed by atoms with Crippen molar-refractivity contribution < 1.29 is 58.1 Å². The first kappa shape index (κ1) is 53.3. The second kappa shape index (κ2) is 22.2. The van der Waals surface area contributed by atoms with Crippen molar-refractivity contribution in [2.24, 2.45) is 34.7 Å². The zero-order valence-electron chi connectivity index (χ0n) is 42.5. The van der Waals surface area contributed by atoms with E-state index in [1.54, 1.807) is 13.0 Å². The Morgan fingerprint density at radius 2 is 1.48 bits per heavy atom. The zero-order valence-corrected chi connectivity index (χ0v) is 42.5. The number of anilines is 1. The van der Waals surface area contributed by atoms with E-state index in [1.807, 2.05) is 46.6 Å². The number of esters is 1. The molecule has 4 aliphatic rings. The number of nitrogens with one attached hydrogen (secondary N) is 1. The highest BCUT2D eigenvalue weighted by Gasteiger charge is 2.50. The van der Waals surface area contributed by atoms with Crippen molar-refractivity contribution in [1.29, 1.82) is 0 Å². The van der Waals surface area contributed by atoms with Crippen LogP contribution in [0.3, 0.4) is 0 Å². The van der Waals surface area contributed by atoms with Crippen LogP contribution in [0.15, 0.2) is 17.4 Å². The zero-order chi connectivity index (χ0) is 49.8. The van der Waals surface area contributed by atoms with Crippen molar-refractivity contribution in [3.05, 3.63) is 29.0 Å². The molecule has 0 saturated carbocycles. The second-order valence-electron chi connectivity index (χ2n) is 20.0. The molecular weight excluding hydrogens is 861 g/mol. The van der Waals surface area contributed by atoms with Gasteiger partial charge < -0.3 is 49.1 Å². The number of Topliss-reactive ketones (excluding diaryl/α,β-unsaturated/α-hetero) is 1. The summed E-state index contributed by atoms with van der Waals surface area (Å²) in [6.45, 7) is 29.2. The van der Waals surface area contributed by atoms with Gasteiger partial charge in [-0.1, -0.05) is 41.0 Å². The smallest absolute Gasteiger partial charge is 0.312 e. The summed E-state index contributed by atoms with van der Waals surface area (Å²) in [7, 11) is 1.53. The van der Waals surface area contributed by atoms with E-state index in [0.717, 1.165) is 13.1 Å². The van der Waals surface area contributed by atoms with Gasteiger partial charge >= 0.3 is 11.8 Å². The van der Waals surface area contributed by atoms with Crippen LogP contribution in [0, 0.1) is 36.5 Å². The van der Waals surface area contributed by atoms with Gasteiger partial charge in [0.1, 0.15) is 23.4 Å². The molecule has 0 radical (unpaired) electrons. The fourth-order valence-corrected chi connectivity index (χ4v) is 10.0. The van der Waals surface area contributed by atoms with Crippen LogP contribution in [0.2, 0.25) is 0 Å². The Balaban J connectivity index is 1.67.